The number of halogens is 1. The van der Waals surface area contributed by atoms with Crippen molar-refractivity contribution in [2.45, 2.75) is 38.9 Å². The summed E-state index contributed by atoms with van der Waals surface area (Å²) in [5.74, 6) is 0. The predicted octanol–water partition coefficient (Wildman–Crippen LogP) is 3.13. The van der Waals surface area contributed by atoms with Crippen LogP contribution in [0.15, 0.2) is 24.4 Å². The summed E-state index contributed by atoms with van der Waals surface area (Å²) in [5.41, 5.74) is 0.0525. The van der Waals surface area contributed by atoms with Crippen LogP contribution >= 0.6 is 11.6 Å². The van der Waals surface area contributed by atoms with Crippen molar-refractivity contribution in [2.24, 2.45) is 0 Å². The molecule has 1 fully saturated rings. The van der Waals surface area contributed by atoms with Crippen molar-refractivity contribution < 1.29 is 9.31 Å². The van der Waals surface area contributed by atoms with Crippen molar-refractivity contribution in [2.75, 3.05) is 0 Å². The molecule has 1 aromatic carbocycles. The van der Waals surface area contributed by atoms with Crippen LogP contribution in [-0.2, 0) is 9.31 Å². The summed E-state index contributed by atoms with van der Waals surface area (Å²) in [6.45, 7) is 8.06. The minimum absolute atomic E-state index is 0.392. The molecule has 0 atom stereocenters. The number of fused-ring (bicyclic) bond motifs is 1. The summed E-state index contributed by atoms with van der Waals surface area (Å²) in [7, 11) is -0.553. The van der Waals surface area contributed by atoms with E-state index in [9.17, 15) is 0 Å². The molecular formula is C13H16BClN2O2. The molecule has 0 amide bonds. The normalized spacial score (nSPS) is 21.2. The third-order valence-corrected chi connectivity index (χ3v) is 4.31. The average molecular weight is 279 g/mol. The van der Waals surface area contributed by atoms with E-state index >= 15 is 0 Å². The van der Waals surface area contributed by atoms with Crippen molar-refractivity contribution in [1.29, 1.82) is 0 Å². The van der Waals surface area contributed by atoms with Crippen LogP contribution in [-0.4, -0.2) is 28.1 Å². The fourth-order valence-corrected chi connectivity index (χ4v) is 2.40. The van der Waals surface area contributed by atoms with Crippen LogP contribution in [0.1, 0.15) is 27.7 Å². The molecular weight excluding hydrogens is 262 g/mol. The molecule has 0 saturated carbocycles. The van der Waals surface area contributed by atoms with Crippen molar-refractivity contribution in [3.8, 4) is 0 Å². The molecule has 1 aromatic heterocycles. The topological polar surface area (TPSA) is 36.3 Å². The molecule has 4 nitrogen and oxygen atoms in total. The predicted molar refractivity (Wildman–Crippen MR) is 76.2 cm³/mol. The maximum atomic E-state index is 6.25. The van der Waals surface area contributed by atoms with Gasteiger partial charge in [-0.05, 0) is 33.8 Å². The van der Waals surface area contributed by atoms with E-state index in [4.69, 9.17) is 20.9 Å². The minimum Gasteiger partial charge on any atom is -0.383 e. The van der Waals surface area contributed by atoms with Crippen molar-refractivity contribution in [3.05, 3.63) is 29.4 Å². The zero-order chi connectivity index (χ0) is 13.8. The first kappa shape index (κ1) is 13.0. The van der Waals surface area contributed by atoms with E-state index in [1.807, 2.05) is 45.9 Å². The Hall–Kier alpha value is -1.04. The molecule has 2 heterocycles. The zero-order valence-corrected chi connectivity index (χ0v) is 12.2. The summed E-state index contributed by atoms with van der Waals surface area (Å²) in [6.07, 6.45) is 1.77. The van der Waals surface area contributed by atoms with Crippen molar-refractivity contribution in [1.82, 2.24) is 9.69 Å². The third kappa shape index (κ3) is 1.88. The molecule has 0 radical (unpaired) electrons. The van der Waals surface area contributed by atoms with Crippen LogP contribution in [0.4, 0.5) is 0 Å². The lowest BCUT2D eigenvalue weighted by atomic mass is 9.90. The molecule has 6 heteroatoms. The number of para-hydroxylation sites is 1. The van der Waals surface area contributed by atoms with Gasteiger partial charge in [0.15, 0.2) is 0 Å². The minimum atomic E-state index is -0.553. The summed E-state index contributed by atoms with van der Waals surface area (Å²) in [6, 6.07) is 5.71. The first-order valence-corrected chi connectivity index (χ1v) is 6.67. The van der Waals surface area contributed by atoms with Crippen LogP contribution in [0.2, 0.25) is 5.02 Å². The van der Waals surface area contributed by atoms with E-state index in [1.54, 1.807) is 10.8 Å². The van der Waals surface area contributed by atoms with Gasteiger partial charge in [-0.3, -0.25) is 0 Å². The van der Waals surface area contributed by atoms with Gasteiger partial charge in [0.1, 0.15) is 0 Å². The Morgan fingerprint density at radius 2 is 1.79 bits per heavy atom. The fraction of sp³-hybridized carbons (Fsp3) is 0.462. The number of benzene rings is 1. The fourth-order valence-electron chi connectivity index (χ4n) is 2.13. The van der Waals surface area contributed by atoms with Crippen LogP contribution in [0, 0.1) is 0 Å². The molecule has 0 N–H and O–H groups in total. The van der Waals surface area contributed by atoms with Crippen LogP contribution in [0.5, 0.6) is 0 Å². The molecule has 1 aliphatic rings. The maximum absolute atomic E-state index is 6.25. The van der Waals surface area contributed by atoms with Crippen LogP contribution < -0.4 is 0 Å². The number of aromatic nitrogens is 2. The van der Waals surface area contributed by atoms with Gasteiger partial charge in [0, 0.05) is 5.39 Å². The highest BCUT2D eigenvalue weighted by atomic mass is 35.5. The molecule has 1 aliphatic heterocycles. The highest BCUT2D eigenvalue weighted by molar-refractivity contribution is 6.46. The monoisotopic (exact) mass is 278 g/mol. The molecule has 0 aliphatic carbocycles. The molecule has 0 spiro atoms. The van der Waals surface area contributed by atoms with E-state index in [0.717, 1.165) is 10.9 Å². The van der Waals surface area contributed by atoms with E-state index in [1.165, 1.54) is 0 Å². The highest BCUT2D eigenvalue weighted by Gasteiger charge is 2.53. The van der Waals surface area contributed by atoms with Crippen LogP contribution in [0.25, 0.3) is 10.9 Å². The lowest BCUT2D eigenvalue weighted by Crippen LogP contribution is -2.41. The average Bonchev–Trinajstić information content (AvgIpc) is 2.80. The van der Waals surface area contributed by atoms with E-state index in [-0.39, 0.29) is 0 Å². The van der Waals surface area contributed by atoms with E-state index in [2.05, 4.69) is 5.10 Å². The van der Waals surface area contributed by atoms with Crippen molar-refractivity contribution in [3.63, 3.8) is 0 Å². The van der Waals surface area contributed by atoms with Crippen molar-refractivity contribution >= 4 is 29.8 Å². The first-order chi connectivity index (χ1) is 8.82. The Morgan fingerprint density at radius 3 is 2.42 bits per heavy atom. The standard InChI is InChI=1S/C13H16BClN2O2/c1-12(2)13(3,4)19-14(18-12)17-11-9(8-16-17)6-5-7-10(11)15/h5-8H,1-4H3. The Labute approximate surface area is 117 Å². The highest BCUT2D eigenvalue weighted by Crippen LogP contribution is 2.38. The summed E-state index contributed by atoms with van der Waals surface area (Å²) in [4.78, 5) is 0. The SMILES string of the molecule is CC1(C)OB(n2ncc3cccc(Cl)c32)OC1(C)C. The molecule has 0 bridgehead atoms. The number of hydrogen-bond acceptors (Lipinski definition) is 3. The smallest absolute Gasteiger partial charge is 0.383 e. The first-order valence-electron chi connectivity index (χ1n) is 6.29. The third-order valence-electron chi connectivity index (χ3n) is 4.01. The van der Waals surface area contributed by atoms with E-state index < -0.39 is 18.5 Å². The van der Waals surface area contributed by atoms with Gasteiger partial charge in [-0.15, -0.1) is 0 Å². The second-order valence-corrected chi connectivity index (χ2v) is 6.24. The van der Waals surface area contributed by atoms with Gasteiger partial charge in [0.2, 0.25) is 0 Å². The zero-order valence-electron chi connectivity index (χ0n) is 11.5. The lowest BCUT2D eigenvalue weighted by molar-refractivity contribution is 0.00578. The molecule has 2 aromatic rings. The second kappa shape index (κ2) is 3.98. The summed E-state index contributed by atoms with van der Waals surface area (Å²) >= 11 is 6.25. The largest absolute Gasteiger partial charge is 0.616 e. The Balaban J connectivity index is 2.08. The van der Waals surface area contributed by atoms with Gasteiger partial charge in [-0.2, -0.15) is 5.10 Å². The lowest BCUT2D eigenvalue weighted by Gasteiger charge is -2.32. The van der Waals surface area contributed by atoms with Gasteiger partial charge in [-0.25, -0.2) is 4.59 Å². The van der Waals surface area contributed by atoms with Gasteiger partial charge in [-0.1, -0.05) is 23.7 Å². The molecule has 100 valence electrons. The summed E-state index contributed by atoms with van der Waals surface area (Å²) < 4.78 is 13.7. The number of rotatable bonds is 1. The van der Waals surface area contributed by atoms with Gasteiger partial charge in [0.25, 0.3) is 0 Å². The Morgan fingerprint density at radius 1 is 1.16 bits per heavy atom. The number of nitrogens with zero attached hydrogens (tertiary/aromatic N) is 2. The molecule has 1 saturated heterocycles. The van der Waals surface area contributed by atoms with E-state index in [0.29, 0.717) is 5.02 Å². The second-order valence-electron chi connectivity index (χ2n) is 5.83. The molecule has 19 heavy (non-hydrogen) atoms. The number of hydrogen-bond donors (Lipinski definition) is 0. The van der Waals surface area contributed by atoms with Gasteiger partial charge in [0.05, 0.1) is 27.9 Å². The van der Waals surface area contributed by atoms with Gasteiger partial charge >= 0.3 is 7.25 Å². The Kier molecular flexibility index (Phi) is 2.72. The van der Waals surface area contributed by atoms with Crippen LogP contribution in [0.3, 0.4) is 0 Å². The maximum Gasteiger partial charge on any atom is 0.616 e. The Bertz CT molecular complexity index is 623. The quantitative estimate of drug-likeness (QED) is 0.752. The molecule has 3 rings (SSSR count). The summed E-state index contributed by atoms with van der Waals surface area (Å²) in [5, 5.41) is 5.97. The van der Waals surface area contributed by atoms with Gasteiger partial charge < -0.3 is 9.31 Å². The molecule has 0 unspecified atom stereocenters.